The van der Waals surface area contributed by atoms with Crippen LogP contribution in [0.25, 0.3) is 11.3 Å². The molecule has 3 heteroatoms. The van der Waals surface area contributed by atoms with E-state index >= 15 is 0 Å². The van der Waals surface area contributed by atoms with Gasteiger partial charge in [-0.25, -0.2) is 9.97 Å². The highest BCUT2D eigenvalue weighted by Gasteiger charge is 2.03. The number of hydrogen-bond donors (Lipinski definition) is 0. The van der Waals surface area contributed by atoms with Gasteiger partial charge in [-0.15, -0.1) is 0 Å². The summed E-state index contributed by atoms with van der Waals surface area (Å²) in [5.74, 6) is 0.556. The van der Waals surface area contributed by atoms with E-state index in [0.29, 0.717) is 12.5 Å². The van der Waals surface area contributed by atoms with E-state index < -0.39 is 0 Å². The fourth-order valence-electron chi connectivity index (χ4n) is 3.39. The van der Waals surface area contributed by atoms with Crippen molar-refractivity contribution in [3.63, 3.8) is 0 Å². The fourth-order valence-corrected chi connectivity index (χ4v) is 3.39. The quantitative estimate of drug-likeness (QED) is 0.339. The first-order valence-electron chi connectivity index (χ1n) is 10.9. The molecule has 0 radical (unpaired) electrons. The SMILES string of the molecule is CCCCCCc1ccc(COc2cnc(-c3ccc(CCC)cc3)cn2)cc1. The van der Waals surface area contributed by atoms with Crippen molar-refractivity contribution in [3.05, 3.63) is 77.6 Å². The lowest BCUT2D eigenvalue weighted by atomic mass is 10.0. The standard InChI is InChI=1S/C26H32N2O/c1-3-5-6-7-9-22-10-12-23(13-11-22)20-29-26-19-27-25(18-28-26)24-16-14-21(8-4-2)15-17-24/h10-19H,3-9,20H2,1-2H3. The molecule has 3 aromatic rings. The van der Waals surface area contributed by atoms with E-state index in [1.54, 1.807) is 12.4 Å². The highest BCUT2D eigenvalue weighted by atomic mass is 16.5. The molecule has 1 heterocycles. The molecule has 29 heavy (non-hydrogen) atoms. The Hall–Kier alpha value is -2.68. The molecule has 3 rings (SSSR count). The van der Waals surface area contributed by atoms with Crippen LogP contribution < -0.4 is 4.74 Å². The molecule has 1 aromatic heterocycles. The van der Waals surface area contributed by atoms with Crippen molar-refractivity contribution in [2.75, 3.05) is 0 Å². The van der Waals surface area contributed by atoms with Gasteiger partial charge in [-0.05, 0) is 36.0 Å². The van der Waals surface area contributed by atoms with Gasteiger partial charge in [0.05, 0.1) is 18.1 Å². The van der Waals surface area contributed by atoms with Crippen LogP contribution in [0.4, 0.5) is 0 Å². The summed E-state index contributed by atoms with van der Waals surface area (Å²) in [6.45, 7) is 4.95. The van der Waals surface area contributed by atoms with Crippen LogP contribution in [0.2, 0.25) is 0 Å². The topological polar surface area (TPSA) is 35.0 Å². The molecule has 0 unspecified atom stereocenters. The second-order valence-electron chi connectivity index (χ2n) is 7.60. The first kappa shape index (κ1) is 21.0. The summed E-state index contributed by atoms with van der Waals surface area (Å²) in [6.07, 6.45) is 12.1. The first-order valence-corrected chi connectivity index (χ1v) is 10.9. The van der Waals surface area contributed by atoms with Crippen molar-refractivity contribution in [1.29, 1.82) is 0 Å². The Morgan fingerprint density at radius 1 is 0.655 bits per heavy atom. The summed E-state index contributed by atoms with van der Waals surface area (Å²) in [5, 5.41) is 0. The summed E-state index contributed by atoms with van der Waals surface area (Å²) in [7, 11) is 0. The van der Waals surface area contributed by atoms with Crippen LogP contribution >= 0.6 is 0 Å². The van der Waals surface area contributed by atoms with E-state index in [-0.39, 0.29) is 0 Å². The molecule has 0 bridgehead atoms. The van der Waals surface area contributed by atoms with Gasteiger partial charge in [0, 0.05) is 5.56 Å². The molecule has 0 aliphatic rings. The Morgan fingerprint density at radius 2 is 1.34 bits per heavy atom. The average molecular weight is 389 g/mol. The zero-order chi connectivity index (χ0) is 20.3. The maximum atomic E-state index is 5.81. The van der Waals surface area contributed by atoms with Crippen molar-refractivity contribution >= 4 is 0 Å². The van der Waals surface area contributed by atoms with Crippen molar-refractivity contribution in [3.8, 4) is 17.1 Å². The molecule has 0 aliphatic carbocycles. The zero-order valence-electron chi connectivity index (χ0n) is 17.7. The van der Waals surface area contributed by atoms with Crippen LogP contribution in [0.5, 0.6) is 5.88 Å². The van der Waals surface area contributed by atoms with Gasteiger partial charge in [-0.1, -0.05) is 88.1 Å². The van der Waals surface area contributed by atoms with E-state index in [1.807, 2.05) is 0 Å². The van der Waals surface area contributed by atoms with Crippen LogP contribution in [0.15, 0.2) is 60.9 Å². The van der Waals surface area contributed by atoms with Crippen LogP contribution in [0, 0.1) is 0 Å². The number of rotatable bonds is 11. The third-order valence-electron chi connectivity index (χ3n) is 5.15. The van der Waals surface area contributed by atoms with Gasteiger partial charge in [0.1, 0.15) is 6.61 Å². The third-order valence-corrected chi connectivity index (χ3v) is 5.15. The fraction of sp³-hybridized carbons (Fsp3) is 0.385. The van der Waals surface area contributed by atoms with Crippen molar-refractivity contribution < 1.29 is 4.74 Å². The molecule has 0 saturated heterocycles. The molecule has 0 amide bonds. The van der Waals surface area contributed by atoms with Gasteiger partial charge in [-0.3, -0.25) is 0 Å². The average Bonchev–Trinajstić information content (AvgIpc) is 2.77. The van der Waals surface area contributed by atoms with Crippen LogP contribution in [-0.4, -0.2) is 9.97 Å². The predicted octanol–water partition coefficient (Wildman–Crippen LogP) is 6.80. The number of ether oxygens (including phenoxy) is 1. The Morgan fingerprint density at radius 3 is 2.00 bits per heavy atom. The smallest absolute Gasteiger partial charge is 0.232 e. The molecule has 152 valence electrons. The highest BCUT2D eigenvalue weighted by Crippen LogP contribution is 2.19. The lowest BCUT2D eigenvalue weighted by Gasteiger charge is -2.08. The number of nitrogens with zero attached hydrogens (tertiary/aromatic N) is 2. The van der Waals surface area contributed by atoms with Crippen LogP contribution in [0.1, 0.15) is 62.6 Å². The lowest BCUT2D eigenvalue weighted by molar-refractivity contribution is 0.292. The summed E-state index contributed by atoms with van der Waals surface area (Å²) in [4.78, 5) is 8.93. The Kier molecular flexibility index (Phi) is 8.24. The summed E-state index contributed by atoms with van der Waals surface area (Å²) in [5.41, 5.74) is 5.86. The van der Waals surface area contributed by atoms with Crippen molar-refractivity contribution in [1.82, 2.24) is 9.97 Å². The van der Waals surface area contributed by atoms with E-state index in [2.05, 4.69) is 72.3 Å². The minimum absolute atomic E-state index is 0.510. The van der Waals surface area contributed by atoms with E-state index in [1.165, 1.54) is 36.8 Å². The molecule has 0 spiro atoms. The van der Waals surface area contributed by atoms with Crippen LogP contribution in [-0.2, 0) is 19.4 Å². The molecule has 0 fully saturated rings. The van der Waals surface area contributed by atoms with E-state index in [0.717, 1.165) is 36.1 Å². The molecule has 0 aliphatic heterocycles. The van der Waals surface area contributed by atoms with Gasteiger partial charge in [-0.2, -0.15) is 0 Å². The molecule has 0 atom stereocenters. The molecular weight excluding hydrogens is 356 g/mol. The van der Waals surface area contributed by atoms with Gasteiger partial charge in [0.15, 0.2) is 0 Å². The number of unbranched alkanes of at least 4 members (excludes halogenated alkanes) is 3. The molecule has 3 nitrogen and oxygen atoms in total. The van der Waals surface area contributed by atoms with Crippen molar-refractivity contribution in [2.24, 2.45) is 0 Å². The largest absolute Gasteiger partial charge is 0.472 e. The molecule has 0 saturated carbocycles. The van der Waals surface area contributed by atoms with Gasteiger partial charge < -0.3 is 4.74 Å². The summed E-state index contributed by atoms with van der Waals surface area (Å²) in [6, 6.07) is 17.3. The van der Waals surface area contributed by atoms with Crippen molar-refractivity contribution in [2.45, 2.75) is 65.4 Å². The Bertz CT molecular complexity index is 839. The molecule has 2 aromatic carbocycles. The Balaban J connectivity index is 1.49. The molecule has 0 N–H and O–H groups in total. The number of benzene rings is 2. The maximum Gasteiger partial charge on any atom is 0.232 e. The normalized spacial score (nSPS) is 10.8. The third kappa shape index (κ3) is 6.70. The first-order chi connectivity index (χ1) is 14.3. The van der Waals surface area contributed by atoms with Crippen LogP contribution in [0.3, 0.4) is 0 Å². The zero-order valence-corrected chi connectivity index (χ0v) is 17.7. The maximum absolute atomic E-state index is 5.81. The second kappa shape index (κ2) is 11.4. The highest BCUT2D eigenvalue weighted by molar-refractivity contribution is 5.58. The minimum Gasteiger partial charge on any atom is -0.472 e. The van der Waals surface area contributed by atoms with Gasteiger partial charge >= 0.3 is 0 Å². The second-order valence-corrected chi connectivity index (χ2v) is 7.60. The van der Waals surface area contributed by atoms with Gasteiger partial charge in [0.25, 0.3) is 0 Å². The summed E-state index contributed by atoms with van der Waals surface area (Å²) < 4.78 is 5.81. The predicted molar refractivity (Wildman–Crippen MR) is 120 cm³/mol. The number of aryl methyl sites for hydroxylation is 2. The molecular formula is C26H32N2O. The van der Waals surface area contributed by atoms with E-state index in [4.69, 9.17) is 4.74 Å². The summed E-state index contributed by atoms with van der Waals surface area (Å²) >= 11 is 0. The number of aromatic nitrogens is 2. The number of hydrogen-bond acceptors (Lipinski definition) is 3. The van der Waals surface area contributed by atoms with Gasteiger partial charge in [0.2, 0.25) is 5.88 Å². The minimum atomic E-state index is 0.510. The lowest BCUT2D eigenvalue weighted by Crippen LogP contribution is -1.98. The Labute approximate surface area is 175 Å². The monoisotopic (exact) mass is 388 g/mol. The van der Waals surface area contributed by atoms with E-state index in [9.17, 15) is 0 Å².